The molecule has 1 aromatic rings. The summed E-state index contributed by atoms with van der Waals surface area (Å²) in [5, 5.41) is 14.4. The van der Waals surface area contributed by atoms with Gasteiger partial charge in [-0.25, -0.2) is 4.79 Å². The maximum Gasteiger partial charge on any atom is 0.326 e. The molecule has 1 aliphatic rings. The Labute approximate surface area is 134 Å². The molecule has 2 amide bonds. The number of carbonyl (C=O) groups excluding carboxylic acids is 2. The minimum atomic E-state index is -1.08. The first-order valence-electron chi connectivity index (χ1n) is 7.43. The molecule has 0 aromatic heterocycles. The summed E-state index contributed by atoms with van der Waals surface area (Å²) in [5.74, 6) is -1.54. The van der Waals surface area contributed by atoms with E-state index in [0.29, 0.717) is 12.1 Å². The van der Waals surface area contributed by atoms with E-state index >= 15 is 0 Å². The average molecular weight is 320 g/mol. The highest BCUT2D eigenvalue weighted by molar-refractivity contribution is 6.04. The van der Waals surface area contributed by atoms with Gasteiger partial charge in [0.2, 0.25) is 0 Å². The van der Waals surface area contributed by atoms with E-state index in [1.54, 1.807) is 19.1 Å². The number of hydrogen-bond acceptors (Lipinski definition) is 4. The predicted octanol–water partition coefficient (Wildman–Crippen LogP) is 1.64. The van der Waals surface area contributed by atoms with Crippen LogP contribution in [0.1, 0.15) is 37.6 Å². The van der Waals surface area contributed by atoms with Crippen molar-refractivity contribution in [3.63, 3.8) is 0 Å². The fourth-order valence-electron chi connectivity index (χ4n) is 2.33. The summed E-state index contributed by atoms with van der Waals surface area (Å²) in [5.41, 5.74) is 0.598. The van der Waals surface area contributed by atoms with Crippen LogP contribution in [0.25, 0.3) is 0 Å². The van der Waals surface area contributed by atoms with Crippen LogP contribution >= 0.6 is 0 Å². The lowest BCUT2D eigenvalue weighted by Gasteiger charge is -2.25. The van der Waals surface area contributed by atoms with Gasteiger partial charge in [-0.1, -0.05) is 19.9 Å². The number of rotatable bonds is 5. The summed E-state index contributed by atoms with van der Waals surface area (Å²) < 4.78 is 5.50. The largest absolute Gasteiger partial charge is 0.480 e. The van der Waals surface area contributed by atoms with Crippen LogP contribution in [0.15, 0.2) is 18.2 Å². The van der Waals surface area contributed by atoms with Gasteiger partial charge >= 0.3 is 5.97 Å². The second-order valence-electron chi connectivity index (χ2n) is 5.93. The van der Waals surface area contributed by atoms with Crippen molar-refractivity contribution in [1.29, 1.82) is 0 Å². The molecule has 2 atom stereocenters. The Balaban J connectivity index is 2.25. The van der Waals surface area contributed by atoms with E-state index in [4.69, 9.17) is 4.74 Å². The molecule has 3 N–H and O–H groups in total. The minimum Gasteiger partial charge on any atom is -0.480 e. The quantitative estimate of drug-likeness (QED) is 0.765. The van der Waals surface area contributed by atoms with Crippen LogP contribution < -0.4 is 15.4 Å². The molecular weight excluding hydrogens is 300 g/mol. The van der Waals surface area contributed by atoms with Gasteiger partial charge in [0.1, 0.15) is 6.04 Å². The number of hydrogen-bond donors (Lipinski definition) is 3. The average Bonchev–Trinajstić information content (AvgIpc) is 2.46. The fraction of sp³-hybridized carbons (Fsp3) is 0.438. The van der Waals surface area contributed by atoms with E-state index in [1.807, 2.05) is 13.8 Å². The highest BCUT2D eigenvalue weighted by atomic mass is 16.5. The van der Waals surface area contributed by atoms with E-state index in [-0.39, 0.29) is 23.1 Å². The van der Waals surface area contributed by atoms with E-state index in [9.17, 15) is 19.5 Å². The van der Waals surface area contributed by atoms with Crippen LogP contribution in [0.5, 0.6) is 5.75 Å². The summed E-state index contributed by atoms with van der Waals surface area (Å²) in [7, 11) is 0. The topological polar surface area (TPSA) is 105 Å². The lowest BCUT2D eigenvalue weighted by molar-refractivity contribution is -0.139. The molecule has 0 aliphatic carbocycles. The fourth-order valence-corrected chi connectivity index (χ4v) is 2.33. The molecule has 7 nitrogen and oxygen atoms in total. The number of benzene rings is 1. The van der Waals surface area contributed by atoms with Gasteiger partial charge in [-0.2, -0.15) is 0 Å². The summed E-state index contributed by atoms with van der Waals surface area (Å²) in [6, 6.07) is 3.78. The highest BCUT2D eigenvalue weighted by Gasteiger charge is 2.29. The van der Waals surface area contributed by atoms with Gasteiger partial charge in [-0.15, -0.1) is 0 Å². The first-order chi connectivity index (χ1) is 10.8. The van der Waals surface area contributed by atoms with Crippen molar-refractivity contribution in [1.82, 2.24) is 5.32 Å². The zero-order chi connectivity index (χ0) is 17.1. The van der Waals surface area contributed by atoms with Crippen molar-refractivity contribution in [2.24, 2.45) is 5.92 Å². The third kappa shape index (κ3) is 3.80. The second kappa shape index (κ2) is 6.68. The number of para-hydroxylation sites is 1. The van der Waals surface area contributed by atoms with Gasteiger partial charge in [0.25, 0.3) is 11.8 Å². The summed E-state index contributed by atoms with van der Waals surface area (Å²) in [6.45, 7) is 5.34. The highest BCUT2D eigenvalue weighted by Crippen LogP contribution is 2.33. The lowest BCUT2D eigenvalue weighted by Crippen LogP contribution is -2.42. The number of anilines is 1. The standard InChI is InChI=1S/C16H20N2O5/c1-8(2)7-12(16(21)22)18-15(20)10-5-4-6-11-13(10)23-9(3)14(19)17-11/h4-6,8-9,12H,7H2,1-3H3,(H,17,19)(H,18,20)(H,21,22)/t9?,12-/m0/s1. The zero-order valence-electron chi connectivity index (χ0n) is 13.3. The molecule has 2 rings (SSSR count). The molecule has 1 unspecified atom stereocenters. The van der Waals surface area contributed by atoms with Crippen LogP contribution in [-0.4, -0.2) is 35.0 Å². The monoisotopic (exact) mass is 320 g/mol. The van der Waals surface area contributed by atoms with E-state index < -0.39 is 24.0 Å². The molecule has 1 aliphatic heterocycles. The maximum absolute atomic E-state index is 12.4. The number of aliphatic carboxylic acids is 1. The van der Waals surface area contributed by atoms with Gasteiger partial charge in [0.05, 0.1) is 11.3 Å². The first-order valence-corrected chi connectivity index (χ1v) is 7.43. The molecule has 1 heterocycles. The van der Waals surface area contributed by atoms with Gasteiger partial charge < -0.3 is 20.5 Å². The molecule has 23 heavy (non-hydrogen) atoms. The first kappa shape index (κ1) is 16.8. The van der Waals surface area contributed by atoms with Gasteiger partial charge in [0.15, 0.2) is 11.9 Å². The number of nitrogens with one attached hydrogen (secondary N) is 2. The van der Waals surface area contributed by atoms with Crippen LogP contribution in [0.3, 0.4) is 0 Å². The molecule has 124 valence electrons. The molecule has 0 spiro atoms. The maximum atomic E-state index is 12.4. The Morgan fingerprint density at radius 3 is 2.70 bits per heavy atom. The molecule has 0 fully saturated rings. The number of carboxylic acids is 1. The summed E-state index contributed by atoms with van der Waals surface area (Å²) in [6.07, 6.45) is -0.397. The second-order valence-corrected chi connectivity index (χ2v) is 5.93. The number of fused-ring (bicyclic) bond motifs is 1. The van der Waals surface area contributed by atoms with Crippen LogP contribution in [0.2, 0.25) is 0 Å². The van der Waals surface area contributed by atoms with Crippen molar-refractivity contribution < 1.29 is 24.2 Å². The van der Waals surface area contributed by atoms with Gasteiger partial charge in [0, 0.05) is 0 Å². The third-order valence-corrected chi connectivity index (χ3v) is 3.49. The molecule has 0 radical (unpaired) electrons. The molecule has 7 heteroatoms. The SMILES string of the molecule is CC(C)C[C@H](NC(=O)c1cccc2c1OC(C)C(=O)N2)C(=O)O. The Hall–Kier alpha value is -2.57. The van der Waals surface area contributed by atoms with Gasteiger partial charge in [-0.05, 0) is 31.4 Å². The van der Waals surface area contributed by atoms with Crippen molar-refractivity contribution in [2.75, 3.05) is 5.32 Å². The molecule has 1 aromatic carbocycles. The lowest BCUT2D eigenvalue weighted by atomic mass is 10.0. The number of ether oxygens (including phenoxy) is 1. The number of carboxylic acid groups (broad SMARTS) is 1. The summed E-state index contributed by atoms with van der Waals surface area (Å²) >= 11 is 0. The molecular formula is C16H20N2O5. The minimum absolute atomic E-state index is 0.122. The number of carbonyl (C=O) groups is 3. The van der Waals surface area contributed by atoms with Crippen molar-refractivity contribution in [2.45, 2.75) is 39.3 Å². The van der Waals surface area contributed by atoms with Crippen molar-refractivity contribution in [3.8, 4) is 5.75 Å². The predicted molar refractivity (Wildman–Crippen MR) is 83.5 cm³/mol. The van der Waals surface area contributed by atoms with E-state index in [0.717, 1.165) is 0 Å². The Bertz CT molecular complexity index is 641. The normalized spacial score (nSPS) is 17.7. The Morgan fingerprint density at radius 2 is 2.09 bits per heavy atom. The van der Waals surface area contributed by atoms with Crippen LogP contribution in [-0.2, 0) is 9.59 Å². The van der Waals surface area contributed by atoms with Crippen molar-refractivity contribution >= 4 is 23.5 Å². The van der Waals surface area contributed by atoms with Crippen molar-refractivity contribution in [3.05, 3.63) is 23.8 Å². The molecule has 0 saturated heterocycles. The van der Waals surface area contributed by atoms with Crippen LogP contribution in [0, 0.1) is 5.92 Å². The molecule has 0 bridgehead atoms. The number of amides is 2. The van der Waals surface area contributed by atoms with Crippen LogP contribution in [0.4, 0.5) is 5.69 Å². The van der Waals surface area contributed by atoms with E-state index in [1.165, 1.54) is 6.07 Å². The Kier molecular flexibility index (Phi) is 4.88. The Morgan fingerprint density at radius 1 is 1.39 bits per heavy atom. The smallest absolute Gasteiger partial charge is 0.326 e. The third-order valence-electron chi connectivity index (χ3n) is 3.49. The van der Waals surface area contributed by atoms with E-state index in [2.05, 4.69) is 10.6 Å². The van der Waals surface area contributed by atoms with Gasteiger partial charge in [-0.3, -0.25) is 9.59 Å². The summed E-state index contributed by atoms with van der Waals surface area (Å²) in [4.78, 5) is 35.3. The molecule has 0 saturated carbocycles. The zero-order valence-corrected chi connectivity index (χ0v) is 13.3.